The Morgan fingerprint density at radius 3 is 1.57 bits per heavy atom. The quantitative estimate of drug-likeness (QED) is 0.587. The van der Waals surface area contributed by atoms with Crippen molar-refractivity contribution >= 4 is 0 Å². The molecule has 0 saturated carbocycles. The summed E-state index contributed by atoms with van der Waals surface area (Å²) in [5.41, 5.74) is 0. The van der Waals surface area contributed by atoms with Gasteiger partial charge in [0, 0.05) is 0 Å². The average molecular weight is 198 g/mol. The van der Waals surface area contributed by atoms with Gasteiger partial charge in [0.2, 0.25) is 0 Å². The molecule has 0 amide bonds. The Labute approximate surface area is 87.0 Å². The molecule has 2 saturated heterocycles. The van der Waals surface area contributed by atoms with E-state index in [2.05, 4.69) is 13.8 Å². The molecule has 2 aliphatic rings. The molecular formula is C12H22O2. The van der Waals surface area contributed by atoms with Crippen LogP contribution in [0.1, 0.15) is 39.5 Å². The fourth-order valence-electron chi connectivity index (χ4n) is 2.11. The first-order valence-electron chi connectivity index (χ1n) is 5.97. The molecule has 4 atom stereocenters. The van der Waals surface area contributed by atoms with Gasteiger partial charge in [-0.15, -0.1) is 0 Å². The monoisotopic (exact) mass is 198 g/mol. The third-order valence-corrected chi connectivity index (χ3v) is 3.29. The predicted molar refractivity (Wildman–Crippen MR) is 56.3 cm³/mol. The zero-order chi connectivity index (χ0) is 9.97. The van der Waals surface area contributed by atoms with E-state index in [4.69, 9.17) is 9.47 Å². The number of rotatable bonds is 7. The van der Waals surface area contributed by atoms with E-state index in [-0.39, 0.29) is 0 Å². The van der Waals surface area contributed by atoms with Gasteiger partial charge in [-0.25, -0.2) is 0 Å². The summed E-state index contributed by atoms with van der Waals surface area (Å²) >= 11 is 0. The zero-order valence-electron chi connectivity index (χ0n) is 9.37. The van der Waals surface area contributed by atoms with Crippen LogP contribution >= 0.6 is 0 Å². The Balaban J connectivity index is 1.50. The Hall–Kier alpha value is -0.0800. The van der Waals surface area contributed by atoms with Crippen molar-refractivity contribution in [2.45, 2.75) is 51.7 Å². The molecule has 0 bridgehead atoms. The van der Waals surface area contributed by atoms with Crippen LogP contribution in [-0.4, -0.2) is 25.4 Å². The lowest BCUT2D eigenvalue weighted by Crippen LogP contribution is -2.05. The van der Waals surface area contributed by atoms with Crippen LogP contribution in [-0.2, 0) is 9.47 Å². The van der Waals surface area contributed by atoms with Gasteiger partial charge in [-0.3, -0.25) is 0 Å². The summed E-state index contributed by atoms with van der Waals surface area (Å²) in [6.07, 6.45) is 6.46. The summed E-state index contributed by atoms with van der Waals surface area (Å²) in [5, 5.41) is 0. The van der Waals surface area contributed by atoms with E-state index < -0.39 is 0 Å². The van der Waals surface area contributed by atoms with E-state index in [9.17, 15) is 0 Å². The first-order chi connectivity index (χ1) is 6.74. The van der Waals surface area contributed by atoms with Crippen molar-refractivity contribution in [2.24, 2.45) is 11.8 Å². The molecule has 82 valence electrons. The van der Waals surface area contributed by atoms with Crippen LogP contribution in [0.4, 0.5) is 0 Å². The van der Waals surface area contributed by atoms with E-state index in [0.29, 0.717) is 12.2 Å². The number of hydrogen-bond acceptors (Lipinski definition) is 2. The fraction of sp³-hybridized carbons (Fsp3) is 1.00. The number of epoxide rings is 2. The minimum Gasteiger partial charge on any atom is -0.373 e. The zero-order valence-corrected chi connectivity index (χ0v) is 9.37. The van der Waals surface area contributed by atoms with Gasteiger partial charge in [0.25, 0.3) is 0 Å². The SMILES string of the molecule is CC(CCC(C)CC1CO1)CC1CO1. The molecule has 2 heteroatoms. The third kappa shape index (κ3) is 3.97. The van der Waals surface area contributed by atoms with E-state index in [1.165, 1.54) is 25.7 Å². The molecule has 2 rings (SSSR count). The van der Waals surface area contributed by atoms with E-state index >= 15 is 0 Å². The molecule has 0 radical (unpaired) electrons. The van der Waals surface area contributed by atoms with Gasteiger partial charge in [-0.2, -0.15) is 0 Å². The van der Waals surface area contributed by atoms with Crippen molar-refractivity contribution in [3.8, 4) is 0 Å². The minimum absolute atomic E-state index is 0.604. The minimum atomic E-state index is 0.604. The predicted octanol–water partition coefficient (Wildman–Crippen LogP) is 2.62. The van der Waals surface area contributed by atoms with Crippen LogP contribution in [0.5, 0.6) is 0 Å². The molecule has 14 heavy (non-hydrogen) atoms. The van der Waals surface area contributed by atoms with E-state index in [0.717, 1.165) is 25.0 Å². The lowest BCUT2D eigenvalue weighted by atomic mass is 9.92. The molecule has 0 aromatic heterocycles. The average Bonchev–Trinajstić information content (AvgIpc) is 2.96. The summed E-state index contributed by atoms with van der Waals surface area (Å²) in [6.45, 7) is 6.72. The molecule has 0 N–H and O–H groups in total. The maximum Gasteiger partial charge on any atom is 0.0812 e. The van der Waals surface area contributed by atoms with Crippen molar-refractivity contribution in [3.63, 3.8) is 0 Å². The highest BCUT2D eigenvalue weighted by molar-refractivity contribution is 4.75. The summed E-state index contributed by atoms with van der Waals surface area (Å²) < 4.78 is 10.5. The van der Waals surface area contributed by atoms with Gasteiger partial charge in [0.15, 0.2) is 0 Å². The summed E-state index contributed by atoms with van der Waals surface area (Å²) in [4.78, 5) is 0. The van der Waals surface area contributed by atoms with Gasteiger partial charge in [-0.1, -0.05) is 26.7 Å². The molecule has 4 unspecified atom stereocenters. The van der Waals surface area contributed by atoms with Crippen LogP contribution in [0.15, 0.2) is 0 Å². The maximum atomic E-state index is 5.24. The highest BCUT2D eigenvalue weighted by atomic mass is 16.6. The lowest BCUT2D eigenvalue weighted by molar-refractivity contribution is 0.316. The smallest absolute Gasteiger partial charge is 0.0812 e. The van der Waals surface area contributed by atoms with Crippen LogP contribution in [0.2, 0.25) is 0 Å². The Kier molecular flexibility index (Phi) is 3.45. The van der Waals surface area contributed by atoms with Gasteiger partial charge in [-0.05, 0) is 24.7 Å². The first-order valence-corrected chi connectivity index (χ1v) is 5.97. The summed E-state index contributed by atoms with van der Waals surface area (Å²) in [5.74, 6) is 1.68. The molecule has 0 aliphatic carbocycles. The lowest BCUT2D eigenvalue weighted by Gasteiger charge is -2.13. The molecule has 2 nitrogen and oxygen atoms in total. The second kappa shape index (κ2) is 4.63. The van der Waals surface area contributed by atoms with Crippen molar-refractivity contribution in [1.82, 2.24) is 0 Å². The Morgan fingerprint density at radius 2 is 1.29 bits per heavy atom. The van der Waals surface area contributed by atoms with Crippen molar-refractivity contribution < 1.29 is 9.47 Å². The molecule has 0 aromatic carbocycles. The summed E-state index contributed by atoms with van der Waals surface area (Å²) in [6, 6.07) is 0. The van der Waals surface area contributed by atoms with E-state index in [1.54, 1.807) is 0 Å². The first kappa shape index (κ1) is 10.4. The normalized spacial score (nSPS) is 33.9. The fourth-order valence-corrected chi connectivity index (χ4v) is 2.11. The Bertz CT molecular complexity index is 153. The van der Waals surface area contributed by atoms with Crippen LogP contribution in [0.3, 0.4) is 0 Å². The molecular weight excluding hydrogens is 176 g/mol. The van der Waals surface area contributed by atoms with Gasteiger partial charge in [0.1, 0.15) is 0 Å². The molecule has 2 fully saturated rings. The third-order valence-electron chi connectivity index (χ3n) is 3.29. The second-order valence-corrected chi connectivity index (χ2v) is 5.17. The molecule has 2 heterocycles. The van der Waals surface area contributed by atoms with Crippen LogP contribution in [0.25, 0.3) is 0 Å². The van der Waals surface area contributed by atoms with Crippen molar-refractivity contribution in [1.29, 1.82) is 0 Å². The van der Waals surface area contributed by atoms with Gasteiger partial charge in [0.05, 0.1) is 25.4 Å². The second-order valence-electron chi connectivity index (χ2n) is 5.17. The topological polar surface area (TPSA) is 25.1 Å². The molecule has 0 spiro atoms. The Morgan fingerprint density at radius 1 is 0.929 bits per heavy atom. The van der Waals surface area contributed by atoms with Crippen molar-refractivity contribution in [2.75, 3.05) is 13.2 Å². The van der Waals surface area contributed by atoms with Crippen LogP contribution in [0, 0.1) is 11.8 Å². The van der Waals surface area contributed by atoms with Crippen molar-refractivity contribution in [3.05, 3.63) is 0 Å². The molecule has 2 aliphatic heterocycles. The van der Waals surface area contributed by atoms with E-state index in [1.807, 2.05) is 0 Å². The van der Waals surface area contributed by atoms with Gasteiger partial charge >= 0.3 is 0 Å². The standard InChI is InChI=1S/C12H22O2/c1-9(5-11-7-13-11)3-4-10(2)6-12-8-14-12/h9-12H,3-8H2,1-2H3. The number of hydrogen-bond donors (Lipinski definition) is 0. The van der Waals surface area contributed by atoms with Gasteiger partial charge < -0.3 is 9.47 Å². The maximum absolute atomic E-state index is 5.24. The largest absolute Gasteiger partial charge is 0.373 e. The molecule has 0 aromatic rings. The highest BCUT2D eigenvalue weighted by Gasteiger charge is 2.26. The van der Waals surface area contributed by atoms with Crippen LogP contribution < -0.4 is 0 Å². The highest BCUT2D eigenvalue weighted by Crippen LogP contribution is 2.27. The summed E-state index contributed by atoms with van der Waals surface area (Å²) in [7, 11) is 0. The number of ether oxygens (including phenoxy) is 2.